The molecule has 4 nitrogen and oxygen atoms in total. The van der Waals surface area contributed by atoms with E-state index in [0.717, 1.165) is 0 Å². The summed E-state index contributed by atoms with van der Waals surface area (Å²) in [7, 11) is 0. The minimum absolute atomic E-state index is 0.0275. The fourth-order valence-electron chi connectivity index (χ4n) is 1.51. The molecule has 1 aromatic carbocycles. The van der Waals surface area contributed by atoms with Crippen LogP contribution in [-0.4, -0.2) is 15.7 Å². The second-order valence-electron chi connectivity index (χ2n) is 5.16. The topological polar surface area (TPSA) is 48.2 Å². The standard InChI is InChI=1S/C13H13ClF2N2O2/c1-12(2,3)19-9-6-4-5-8(7-9)10-17-11(20-18-10)13(14,15)16/h4-7H,1-3H3. The van der Waals surface area contributed by atoms with Gasteiger partial charge in [-0.3, -0.25) is 0 Å². The summed E-state index contributed by atoms with van der Waals surface area (Å²) in [4.78, 5) is 3.57. The van der Waals surface area contributed by atoms with Crippen LogP contribution in [0.15, 0.2) is 28.8 Å². The first-order valence-corrected chi connectivity index (χ1v) is 6.23. The van der Waals surface area contributed by atoms with Gasteiger partial charge in [0, 0.05) is 5.56 Å². The first-order valence-electron chi connectivity index (χ1n) is 5.85. The molecule has 0 spiro atoms. The van der Waals surface area contributed by atoms with Gasteiger partial charge < -0.3 is 9.26 Å². The SMILES string of the molecule is CC(C)(C)Oc1cccc(-c2noc(C(F)(F)Cl)n2)c1. The Kier molecular flexibility index (Phi) is 3.69. The fourth-order valence-corrected chi connectivity index (χ4v) is 1.58. The lowest BCUT2D eigenvalue weighted by atomic mass is 10.1. The molecular formula is C13H13ClF2N2O2. The van der Waals surface area contributed by atoms with E-state index < -0.39 is 11.3 Å². The van der Waals surface area contributed by atoms with Gasteiger partial charge in [0.15, 0.2) is 0 Å². The second kappa shape index (κ2) is 5.01. The van der Waals surface area contributed by atoms with Crippen LogP contribution in [0.2, 0.25) is 0 Å². The average molecular weight is 303 g/mol. The molecule has 0 aliphatic rings. The molecule has 20 heavy (non-hydrogen) atoms. The summed E-state index contributed by atoms with van der Waals surface area (Å²) in [5.74, 6) is -0.324. The highest BCUT2D eigenvalue weighted by Crippen LogP contribution is 2.32. The van der Waals surface area contributed by atoms with Crippen molar-refractivity contribution in [3.05, 3.63) is 30.2 Å². The van der Waals surface area contributed by atoms with E-state index in [1.54, 1.807) is 24.3 Å². The lowest BCUT2D eigenvalue weighted by molar-refractivity contribution is 0.0551. The maximum Gasteiger partial charge on any atom is 0.400 e. The van der Waals surface area contributed by atoms with Crippen LogP contribution in [0.5, 0.6) is 5.75 Å². The Bertz CT molecular complexity index is 603. The fraction of sp³-hybridized carbons (Fsp3) is 0.385. The van der Waals surface area contributed by atoms with Gasteiger partial charge in [-0.05, 0) is 44.5 Å². The number of benzene rings is 1. The molecule has 0 N–H and O–H groups in total. The van der Waals surface area contributed by atoms with Crippen LogP contribution in [0.25, 0.3) is 11.4 Å². The van der Waals surface area contributed by atoms with E-state index in [2.05, 4.69) is 14.7 Å². The van der Waals surface area contributed by atoms with Crippen molar-refractivity contribution in [1.82, 2.24) is 10.1 Å². The Balaban J connectivity index is 2.29. The van der Waals surface area contributed by atoms with Gasteiger partial charge in [-0.25, -0.2) is 0 Å². The maximum absolute atomic E-state index is 12.8. The lowest BCUT2D eigenvalue weighted by Gasteiger charge is -2.21. The van der Waals surface area contributed by atoms with Crippen molar-refractivity contribution in [2.24, 2.45) is 0 Å². The number of alkyl halides is 3. The third kappa shape index (κ3) is 3.66. The molecule has 0 fully saturated rings. The van der Waals surface area contributed by atoms with Crippen LogP contribution in [0.4, 0.5) is 8.78 Å². The third-order valence-corrected chi connectivity index (χ3v) is 2.35. The normalized spacial score (nSPS) is 12.5. The van der Waals surface area contributed by atoms with Gasteiger partial charge in [-0.2, -0.15) is 13.8 Å². The van der Waals surface area contributed by atoms with Gasteiger partial charge in [0.05, 0.1) is 0 Å². The predicted molar refractivity (Wildman–Crippen MR) is 69.9 cm³/mol. The summed E-state index contributed by atoms with van der Waals surface area (Å²) < 4.78 is 35.8. The van der Waals surface area contributed by atoms with Gasteiger partial charge in [-0.15, -0.1) is 0 Å². The van der Waals surface area contributed by atoms with Gasteiger partial charge >= 0.3 is 11.3 Å². The van der Waals surface area contributed by atoms with Crippen molar-refractivity contribution in [3.8, 4) is 17.1 Å². The minimum Gasteiger partial charge on any atom is -0.488 e. The molecule has 0 aliphatic carbocycles. The Morgan fingerprint density at radius 3 is 2.50 bits per heavy atom. The molecular weight excluding hydrogens is 290 g/mol. The third-order valence-electron chi connectivity index (χ3n) is 2.18. The summed E-state index contributed by atoms with van der Waals surface area (Å²) in [6.07, 6.45) is 0. The summed E-state index contributed by atoms with van der Waals surface area (Å²) in [6.45, 7) is 5.71. The van der Waals surface area contributed by atoms with Crippen molar-refractivity contribution in [1.29, 1.82) is 0 Å². The average Bonchev–Trinajstić information content (AvgIpc) is 2.75. The van der Waals surface area contributed by atoms with Crippen molar-refractivity contribution in [3.63, 3.8) is 0 Å². The molecule has 0 saturated carbocycles. The molecule has 0 bridgehead atoms. The van der Waals surface area contributed by atoms with Crippen molar-refractivity contribution in [2.75, 3.05) is 0 Å². The van der Waals surface area contributed by atoms with Crippen LogP contribution < -0.4 is 4.74 Å². The van der Waals surface area contributed by atoms with Crippen LogP contribution in [0, 0.1) is 0 Å². The molecule has 1 aromatic heterocycles. The van der Waals surface area contributed by atoms with Gasteiger partial charge in [0.1, 0.15) is 11.4 Å². The number of ether oxygens (including phenoxy) is 1. The van der Waals surface area contributed by atoms with E-state index in [1.165, 1.54) is 0 Å². The van der Waals surface area contributed by atoms with Crippen LogP contribution in [0.1, 0.15) is 26.7 Å². The number of halogens is 3. The van der Waals surface area contributed by atoms with E-state index >= 15 is 0 Å². The zero-order valence-corrected chi connectivity index (χ0v) is 11.9. The highest BCUT2D eigenvalue weighted by atomic mass is 35.5. The zero-order valence-electron chi connectivity index (χ0n) is 11.2. The monoisotopic (exact) mass is 302 g/mol. The molecule has 0 saturated heterocycles. The molecule has 2 rings (SSSR count). The largest absolute Gasteiger partial charge is 0.488 e. The van der Waals surface area contributed by atoms with Gasteiger partial charge in [0.2, 0.25) is 5.82 Å². The molecule has 7 heteroatoms. The first kappa shape index (κ1) is 14.7. The highest BCUT2D eigenvalue weighted by Gasteiger charge is 2.35. The zero-order chi connectivity index (χ0) is 15.0. The van der Waals surface area contributed by atoms with Crippen LogP contribution in [0.3, 0.4) is 0 Å². The summed E-state index contributed by atoms with van der Waals surface area (Å²) in [5, 5.41) is -0.191. The maximum atomic E-state index is 12.8. The Labute approximate surface area is 119 Å². The minimum atomic E-state index is -3.68. The molecule has 0 aliphatic heterocycles. The molecule has 2 aromatic rings. The lowest BCUT2D eigenvalue weighted by Crippen LogP contribution is -2.22. The second-order valence-corrected chi connectivity index (χ2v) is 5.64. The Hall–Kier alpha value is -1.69. The molecule has 0 atom stereocenters. The molecule has 1 heterocycles. The predicted octanol–water partition coefficient (Wildman–Crippen LogP) is 4.20. The molecule has 108 valence electrons. The van der Waals surface area contributed by atoms with E-state index in [1.807, 2.05) is 20.8 Å². The molecule has 0 amide bonds. The van der Waals surface area contributed by atoms with Crippen LogP contribution >= 0.6 is 11.6 Å². The van der Waals surface area contributed by atoms with E-state index in [0.29, 0.717) is 11.3 Å². The van der Waals surface area contributed by atoms with Crippen molar-refractivity contribution >= 4 is 11.6 Å². The number of rotatable bonds is 3. The highest BCUT2D eigenvalue weighted by molar-refractivity contribution is 6.21. The number of hydrogen-bond acceptors (Lipinski definition) is 4. The Morgan fingerprint density at radius 1 is 1.25 bits per heavy atom. The van der Waals surface area contributed by atoms with Crippen molar-refractivity contribution < 1.29 is 18.0 Å². The summed E-state index contributed by atoms with van der Waals surface area (Å²) in [6, 6.07) is 6.78. The number of aromatic nitrogens is 2. The summed E-state index contributed by atoms with van der Waals surface area (Å²) >= 11 is 4.82. The van der Waals surface area contributed by atoms with Gasteiger partial charge in [0.25, 0.3) is 0 Å². The molecule has 0 radical (unpaired) electrons. The van der Waals surface area contributed by atoms with E-state index in [4.69, 9.17) is 16.3 Å². The Morgan fingerprint density at radius 2 is 1.95 bits per heavy atom. The van der Waals surface area contributed by atoms with Gasteiger partial charge in [-0.1, -0.05) is 17.3 Å². The first-order chi connectivity index (χ1) is 9.15. The number of hydrogen-bond donors (Lipinski definition) is 0. The quantitative estimate of drug-likeness (QED) is 0.797. The molecule has 0 unspecified atom stereocenters. The van der Waals surface area contributed by atoms with Crippen molar-refractivity contribution in [2.45, 2.75) is 31.8 Å². The number of nitrogens with zero attached hydrogens (tertiary/aromatic N) is 2. The summed E-state index contributed by atoms with van der Waals surface area (Å²) in [5.41, 5.74) is 0.132. The van der Waals surface area contributed by atoms with Crippen LogP contribution in [-0.2, 0) is 5.38 Å². The van der Waals surface area contributed by atoms with E-state index in [-0.39, 0.29) is 11.4 Å². The van der Waals surface area contributed by atoms with E-state index in [9.17, 15) is 8.78 Å². The smallest absolute Gasteiger partial charge is 0.400 e.